The number of anilines is 1. The molecule has 0 aromatic heterocycles. The fourth-order valence-corrected chi connectivity index (χ4v) is 2.41. The van der Waals surface area contributed by atoms with Crippen LogP contribution in [-0.4, -0.2) is 14.1 Å². The van der Waals surface area contributed by atoms with E-state index in [9.17, 15) is 0 Å². The van der Waals surface area contributed by atoms with Crippen molar-refractivity contribution >= 4 is 5.69 Å². The largest absolute Gasteiger partial charge is 0.370 e. The summed E-state index contributed by atoms with van der Waals surface area (Å²) in [6.45, 7) is 4.01. The van der Waals surface area contributed by atoms with E-state index in [1.54, 1.807) is 0 Å². The molecule has 2 aromatic rings. The summed E-state index contributed by atoms with van der Waals surface area (Å²) in [6, 6.07) is 17.1. The second-order valence-corrected chi connectivity index (χ2v) is 4.94. The number of hydrogen-bond donors (Lipinski definition) is 1. The predicted molar refractivity (Wildman–Crippen MR) is 82.5 cm³/mol. The highest BCUT2D eigenvalue weighted by atomic mass is 15.1. The van der Waals surface area contributed by atoms with E-state index in [-0.39, 0.29) is 0 Å². The SMILES string of the molecule is CNCc1ccccc1CN(C)c1ccccc1C. The number of hydrogen-bond acceptors (Lipinski definition) is 2. The van der Waals surface area contributed by atoms with Gasteiger partial charge in [-0.15, -0.1) is 0 Å². The minimum atomic E-state index is 0.914. The number of para-hydroxylation sites is 1. The molecule has 2 nitrogen and oxygen atoms in total. The van der Waals surface area contributed by atoms with Gasteiger partial charge in [0.25, 0.3) is 0 Å². The lowest BCUT2D eigenvalue weighted by atomic mass is 10.1. The Hall–Kier alpha value is -1.80. The molecule has 0 fully saturated rings. The van der Waals surface area contributed by atoms with Crippen LogP contribution in [0, 0.1) is 6.92 Å². The molecule has 19 heavy (non-hydrogen) atoms. The summed E-state index contributed by atoms with van der Waals surface area (Å²) in [6.07, 6.45) is 0. The zero-order valence-electron chi connectivity index (χ0n) is 12.0. The molecule has 0 saturated heterocycles. The van der Waals surface area contributed by atoms with E-state index < -0.39 is 0 Å². The summed E-state index contributed by atoms with van der Waals surface area (Å²) < 4.78 is 0. The van der Waals surface area contributed by atoms with Crippen LogP contribution < -0.4 is 10.2 Å². The van der Waals surface area contributed by atoms with E-state index in [4.69, 9.17) is 0 Å². The molecule has 0 aliphatic carbocycles. The lowest BCUT2D eigenvalue weighted by molar-refractivity contribution is 0.795. The van der Waals surface area contributed by atoms with E-state index >= 15 is 0 Å². The molecule has 0 bridgehead atoms. The molecule has 2 heteroatoms. The molecular weight excluding hydrogens is 232 g/mol. The van der Waals surface area contributed by atoms with Gasteiger partial charge in [-0.3, -0.25) is 0 Å². The van der Waals surface area contributed by atoms with Gasteiger partial charge in [-0.25, -0.2) is 0 Å². The number of aryl methyl sites for hydroxylation is 1. The van der Waals surface area contributed by atoms with E-state index in [1.807, 2.05) is 7.05 Å². The van der Waals surface area contributed by atoms with Crippen molar-refractivity contribution in [1.82, 2.24) is 5.32 Å². The lowest BCUT2D eigenvalue weighted by Crippen LogP contribution is -2.19. The Labute approximate surface area is 116 Å². The first kappa shape index (κ1) is 13.6. The topological polar surface area (TPSA) is 15.3 Å². The van der Waals surface area contributed by atoms with Crippen molar-refractivity contribution in [2.45, 2.75) is 20.0 Å². The maximum absolute atomic E-state index is 3.23. The molecule has 0 aliphatic rings. The third kappa shape index (κ3) is 3.36. The normalized spacial score (nSPS) is 10.5. The highest BCUT2D eigenvalue weighted by molar-refractivity contribution is 5.53. The fourth-order valence-electron chi connectivity index (χ4n) is 2.41. The van der Waals surface area contributed by atoms with Gasteiger partial charge in [-0.1, -0.05) is 42.5 Å². The Morgan fingerprint density at radius 1 is 0.947 bits per heavy atom. The van der Waals surface area contributed by atoms with Crippen LogP contribution in [0.1, 0.15) is 16.7 Å². The Kier molecular flexibility index (Phi) is 4.58. The second kappa shape index (κ2) is 6.39. The van der Waals surface area contributed by atoms with Crippen molar-refractivity contribution in [3.8, 4) is 0 Å². The average Bonchev–Trinajstić information content (AvgIpc) is 2.41. The zero-order chi connectivity index (χ0) is 13.7. The van der Waals surface area contributed by atoms with Crippen LogP contribution in [0.2, 0.25) is 0 Å². The third-order valence-electron chi connectivity index (χ3n) is 3.42. The van der Waals surface area contributed by atoms with E-state index in [0.29, 0.717) is 0 Å². The minimum absolute atomic E-state index is 0.914. The molecule has 0 spiro atoms. The van der Waals surface area contributed by atoms with Crippen LogP contribution in [0.15, 0.2) is 48.5 Å². The first-order chi connectivity index (χ1) is 9.22. The van der Waals surface area contributed by atoms with Crippen molar-refractivity contribution < 1.29 is 0 Å². The molecule has 1 N–H and O–H groups in total. The second-order valence-electron chi connectivity index (χ2n) is 4.94. The molecule has 100 valence electrons. The third-order valence-corrected chi connectivity index (χ3v) is 3.42. The van der Waals surface area contributed by atoms with E-state index in [0.717, 1.165) is 13.1 Å². The smallest absolute Gasteiger partial charge is 0.0429 e. The number of nitrogens with zero attached hydrogens (tertiary/aromatic N) is 1. The monoisotopic (exact) mass is 254 g/mol. The average molecular weight is 254 g/mol. The lowest BCUT2D eigenvalue weighted by Gasteiger charge is -2.23. The summed E-state index contributed by atoms with van der Waals surface area (Å²) in [5, 5.41) is 3.23. The summed E-state index contributed by atoms with van der Waals surface area (Å²) in [7, 11) is 4.14. The number of nitrogens with one attached hydrogen (secondary N) is 1. The predicted octanol–water partition coefficient (Wildman–Crippen LogP) is 3.35. The summed E-state index contributed by atoms with van der Waals surface area (Å²) in [5.74, 6) is 0. The molecule has 2 rings (SSSR count). The maximum Gasteiger partial charge on any atom is 0.0429 e. The van der Waals surface area contributed by atoms with Crippen LogP contribution >= 0.6 is 0 Å². The molecule has 0 unspecified atom stereocenters. The summed E-state index contributed by atoms with van der Waals surface area (Å²) in [5.41, 5.74) is 5.35. The van der Waals surface area contributed by atoms with Gasteiger partial charge >= 0.3 is 0 Å². The molecule has 0 amide bonds. The molecule has 0 heterocycles. The quantitative estimate of drug-likeness (QED) is 0.880. The maximum atomic E-state index is 3.23. The van der Waals surface area contributed by atoms with Crippen molar-refractivity contribution in [1.29, 1.82) is 0 Å². The van der Waals surface area contributed by atoms with Gasteiger partial charge < -0.3 is 10.2 Å². The van der Waals surface area contributed by atoms with Gasteiger partial charge in [0.2, 0.25) is 0 Å². The Morgan fingerprint density at radius 2 is 1.58 bits per heavy atom. The first-order valence-electron chi connectivity index (χ1n) is 6.70. The molecular formula is C17H22N2. The number of rotatable bonds is 5. The van der Waals surface area contributed by atoms with Crippen molar-refractivity contribution in [2.24, 2.45) is 0 Å². The van der Waals surface area contributed by atoms with Crippen LogP contribution in [0.4, 0.5) is 5.69 Å². The van der Waals surface area contributed by atoms with Crippen molar-refractivity contribution in [3.05, 3.63) is 65.2 Å². The highest BCUT2D eigenvalue weighted by Crippen LogP contribution is 2.21. The Bertz CT molecular complexity index is 534. The molecule has 0 radical (unpaired) electrons. The van der Waals surface area contributed by atoms with E-state index in [1.165, 1.54) is 22.4 Å². The molecule has 0 saturated carbocycles. The first-order valence-corrected chi connectivity index (χ1v) is 6.70. The molecule has 0 aliphatic heterocycles. The Morgan fingerprint density at radius 3 is 2.26 bits per heavy atom. The molecule has 0 atom stereocenters. The fraction of sp³-hybridized carbons (Fsp3) is 0.294. The number of benzene rings is 2. The van der Waals surface area contributed by atoms with Crippen LogP contribution in [0.5, 0.6) is 0 Å². The van der Waals surface area contributed by atoms with Crippen molar-refractivity contribution in [3.63, 3.8) is 0 Å². The Balaban J connectivity index is 2.19. The molecule has 2 aromatic carbocycles. The van der Waals surface area contributed by atoms with Crippen LogP contribution in [0.3, 0.4) is 0 Å². The summed E-state index contributed by atoms with van der Waals surface area (Å²) >= 11 is 0. The van der Waals surface area contributed by atoms with Crippen LogP contribution in [0.25, 0.3) is 0 Å². The van der Waals surface area contributed by atoms with Gasteiger partial charge in [0.05, 0.1) is 0 Å². The highest BCUT2D eigenvalue weighted by Gasteiger charge is 2.07. The standard InChI is InChI=1S/C17H22N2/c1-14-8-4-7-11-17(14)19(3)13-16-10-6-5-9-15(16)12-18-2/h4-11,18H,12-13H2,1-3H3. The van der Waals surface area contributed by atoms with Gasteiger partial charge in [0, 0.05) is 25.8 Å². The van der Waals surface area contributed by atoms with E-state index in [2.05, 4.69) is 72.7 Å². The minimum Gasteiger partial charge on any atom is -0.370 e. The van der Waals surface area contributed by atoms with Crippen molar-refractivity contribution in [2.75, 3.05) is 19.0 Å². The zero-order valence-corrected chi connectivity index (χ0v) is 12.0. The van der Waals surface area contributed by atoms with Gasteiger partial charge in [-0.05, 0) is 36.7 Å². The van der Waals surface area contributed by atoms with Gasteiger partial charge in [0.15, 0.2) is 0 Å². The van der Waals surface area contributed by atoms with Crippen LogP contribution in [-0.2, 0) is 13.1 Å². The summed E-state index contributed by atoms with van der Waals surface area (Å²) in [4.78, 5) is 2.31. The van der Waals surface area contributed by atoms with Gasteiger partial charge in [0.1, 0.15) is 0 Å². The van der Waals surface area contributed by atoms with Gasteiger partial charge in [-0.2, -0.15) is 0 Å².